The van der Waals surface area contributed by atoms with E-state index < -0.39 is 5.54 Å². The maximum Gasteiger partial charge on any atom is 0.331 e. The van der Waals surface area contributed by atoms with E-state index in [9.17, 15) is 4.79 Å². The van der Waals surface area contributed by atoms with Crippen molar-refractivity contribution in [3.05, 3.63) is 33.8 Å². The number of hydrogen-bond acceptors (Lipinski definition) is 3. The molecular weight excluding hydrogens is 366 g/mol. The fourth-order valence-corrected chi connectivity index (χ4v) is 5.51. The first-order valence-electron chi connectivity index (χ1n) is 9.00. The largest absolute Gasteiger partial charge is 0.464 e. The Balaban J connectivity index is 2.14. The monoisotopic (exact) mass is 393 g/mol. The Labute approximate surface area is 153 Å². The zero-order chi connectivity index (χ0) is 17.7. The molecule has 0 unspecified atom stereocenters. The number of hydrogen-bond donors (Lipinski definition) is 1. The Morgan fingerprint density at radius 3 is 2.50 bits per heavy atom. The quantitative estimate of drug-likeness (QED) is 0.756. The Hall–Kier alpha value is -0.870. The lowest BCUT2D eigenvalue weighted by Crippen LogP contribution is -2.59. The summed E-state index contributed by atoms with van der Waals surface area (Å²) in [6.07, 6.45) is 2.81. The molecule has 2 aliphatic carbocycles. The number of benzene rings is 1. The fraction of sp³-hybridized carbons (Fsp3) is 0.650. The van der Waals surface area contributed by atoms with Gasteiger partial charge >= 0.3 is 5.97 Å². The van der Waals surface area contributed by atoms with Crippen LogP contribution in [0.2, 0.25) is 0 Å². The number of ether oxygens (including phenoxy) is 1. The van der Waals surface area contributed by atoms with E-state index in [0.29, 0.717) is 24.4 Å². The predicted octanol–water partition coefficient (Wildman–Crippen LogP) is 4.41. The van der Waals surface area contributed by atoms with E-state index in [1.807, 2.05) is 19.1 Å². The molecule has 2 aliphatic rings. The second kappa shape index (κ2) is 6.14. The highest BCUT2D eigenvalue weighted by molar-refractivity contribution is 9.10. The molecule has 4 heteroatoms. The van der Waals surface area contributed by atoms with Crippen LogP contribution in [-0.4, -0.2) is 12.6 Å². The summed E-state index contributed by atoms with van der Waals surface area (Å²) >= 11 is 3.54. The van der Waals surface area contributed by atoms with Gasteiger partial charge in [-0.15, -0.1) is 0 Å². The van der Waals surface area contributed by atoms with Crippen molar-refractivity contribution in [2.24, 2.45) is 28.9 Å². The lowest BCUT2D eigenvalue weighted by atomic mass is 9.55. The van der Waals surface area contributed by atoms with Crippen LogP contribution in [0, 0.1) is 23.2 Å². The first-order chi connectivity index (χ1) is 11.2. The number of carbonyl (C=O) groups excluding carboxylic acids is 1. The third kappa shape index (κ3) is 2.45. The highest BCUT2D eigenvalue weighted by Gasteiger charge is 2.63. The summed E-state index contributed by atoms with van der Waals surface area (Å²) < 4.78 is 6.43. The zero-order valence-electron chi connectivity index (χ0n) is 15.1. The van der Waals surface area contributed by atoms with Gasteiger partial charge in [0.1, 0.15) is 5.54 Å². The summed E-state index contributed by atoms with van der Waals surface area (Å²) in [7, 11) is 0. The van der Waals surface area contributed by atoms with Crippen LogP contribution in [0.25, 0.3) is 0 Å². The number of nitrogens with two attached hydrogens (primary N) is 1. The fourth-order valence-electron chi connectivity index (χ4n) is 5.15. The number of halogens is 1. The van der Waals surface area contributed by atoms with E-state index >= 15 is 0 Å². The van der Waals surface area contributed by atoms with Crippen LogP contribution in [0.1, 0.15) is 51.7 Å². The molecule has 0 saturated heterocycles. The third-order valence-electron chi connectivity index (χ3n) is 6.68. The molecule has 0 heterocycles. The van der Waals surface area contributed by atoms with E-state index in [-0.39, 0.29) is 11.4 Å². The van der Waals surface area contributed by atoms with E-state index in [2.05, 4.69) is 42.8 Å². The third-order valence-corrected chi connectivity index (χ3v) is 7.17. The molecule has 0 radical (unpaired) electrons. The molecule has 0 aromatic heterocycles. The molecule has 1 fully saturated rings. The molecule has 0 amide bonds. The van der Waals surface area contributed by atoms with Gasteiger partial charge in [-0.3, -0.25) is 0 Å². The van der Waals surface area contributed by atoms with Crippen LogP contribution in [0.3, 0.4) is 0 Å². The van der Waals surface area contributed by atoms with Crippen molar-refractivity contribution in [3.8, 4) is 0 Å². The summed E-state index contributed by atoms with van der Waals surface area (Å²) in [5.41, 5.74) is 7.81. The van der Waals surface area contributed by atoms with Crippen LogP contribution in [0.15, 0.2) is 22.7 Å². The Kier molecular flexibility index (Phi) is 4.59. The molecule has 132 valence electrons. The Morgan fingerprint density at radius 1 is 1.29 bits per heavy atom. The molecule has 3 rings (SSSR count). The lowest BCUT2D eigenvalue weighted by molar-refractivity contribution is -0.159. The molecule has 5 atom stereocenters. The highest BCUT2D eigenvalue weighted by Crippen LogP contribution is 2.60. The first-order valence-corrected chi connectivity index (χ1v) is 9.79. The van der Waals surface area contributed by atoms with Gasteiger partial charge in [-0.25, -0.2) is 4.79 Å². The smallest absolute Gasteiger partial charge is 0.331 e. The van der Waals surface area contributed by atoms with Crippen molar-refractivity contribution in [2.45, 2.75) is 52.5 Å². The van der Waals surface area contributed by atoms with E-state index in [0.717, 1.165) is 29.3 Å². The van der Waals surface area contributed by atoms with E-state index in [1.165, 1.54) is 5.56 Å². The normalized spacial score (nSPS) is 38.2. The minimum absolute atomic E-state index is 0.242. The number of esters is 1. The maximum absolute atomic E-state index is 13.0. The molecular formula is C20H28BrNO2. The Morgan fingerprint density at radius 2 is 1.92 bits per heavy atom. The van der Waals surface area contributed by atoms with Gasteiger partial charge in [0.2, 0.25) is 0 Å². The molecule has 1 saturated carbocycles. The van der Waals surface area contributed by atoms with Gasteiger partial charge < -0.3 is 10.5 Å². The molecule has 1 aromatic carbocycles. The van der Waals surface area contributed by atoms with Gasteiger partial charge in [0.05, 0.1) is 6.61 Å². The summed E-state index contributed by atoms with van der Waals surface area (Å²) in [5, 5.41) is 0. The van der Waals surface area contributed by atoms with Crippen molar-refractivity contribution < 1.29 is 9.53 Å². The van der Waals surface area contributed by atoms with Gasteiger partial charge in [-0.1, -0.05) is 42.8 Å². The minimum Gasteiger partial charge on any atom is -0.464 e. The minimum atomic E-state index is -1.05. The summed E-state index contributed by atoms with van der Waals surface area (Å²) in [4.78, 5) is 13.0. The van der Waals surface area contributed by atoms with Crippen molar-refractivity contribution in [1.29, 1.82) is 0 Å². The predicted molar refractivity (Wildman–Crippen MR) is 99.5 cm³/mol. The van der Waals surface area contributed by atoms with Crippen LogP contribution in [0.4, 0.5) is 0 Å². The second-order valence-corrected chi connectivity index (χ2v) is 8.92. The van der Waals surface area contributed by atoms with Gasteiger partial charge in [0, 0.05) is 9.89 Å². The van der Waals surface area contributed by atoms with Crippen molar-refractivity contribution in [2.75, 3.05) is 6.61 Å². The van der Waals surface area contributed by atoms with Crippen LogP contribution in [0.5, 0.6) is 0 Å². The maximum atomic E-state index is 13.0. The summed E-state index contributed by atoms with van der Waals surface area (Å²) in [6, 6.07) is 6.18. The van der Waals surface area contributed by atoms with Gasteiger partial charge in [-0.2, -0.15) is 0 Å². The van der Waals surface area contributed by atoms with Gasteiger partial charge in [0.25, 0.3) is 0 Å². The van der Waals surface area contributed by atoms with E-state index in [4.69, 9.17) is 10.5 Å². The van der Waals surface area contributed by atoms with Gasteiger partial charge in [-0.05, 0) is 67.2 Å². The van der Waals surface area contributed by atoms with Gasteiger partial charge in [0.15, 0.2) is 0 Å². The molecule has 0 aliphatic heterocycles. The molecule has 2 N–H and O–H groups in total. The van der Waals surface area contributed by atoms with Crippen molar-refractivity contribution in [1.82, 2.24) is 0 Å². The average molecular weight is 394 g/mol. The number of fused-ring (bicyclic) bond motifs is 1. The molecule has 24 heavy (non-hydrogen) atoms. The average Bonchev–Trinajstić information content (AvgIpc) is 2.75. The van der Waals surface area contributed by atoms with Crippen LogP contribution < -0.4 is 5.73 Å². The molecule has 1 aromatic rings. The standard InChI is InChI=1S/C20H28BrNO2/c1-5-24-18(23)20(22)17-8-16(21)7-6-15(17)11-19(20)9-12(2)14(4)13(3)10-19/h6-8,12-14H,5,9-11,22H2,1-4H3/t12-,13+,14+,19+,20-/m1/s1. The summed E-state index contributed by atoms with van der Waals surface area (Å²) in [6.45, 7) is 9.13. The van der Waals surface area contributed by atoms with E-state index in [1.54, 1.807) is 0 Å². The zero-order valence-corrected chi connectivity index (χ0v) is 16.7. The van der Waals surface area contributed by atoms with Crippen molar-refractivity contribution in [3.63, 3.8) is 0 Å². The van der Waals surface area contributed by atoms with Crippen LogP contribution >= 0.6 is 15.9 Å². The highest BCUT2D eigenvalue weighted by atomic mass is 79.9. The number of carbonyl (C=O) groups is 1. The molecule has 1 spiro atoms. The summed E-state index contributed by atoms with van der Waals surface area (Å²) in [5.74, 6) is 1.47. The molecule has 3 nitrogen and oxygen atoms in total. The lowest BCUT2D eigenvalue weighted by Gasteiger charge is -2.51. The number of rotatable bonds is 2. The Bertz CT molecular complexity index is 647. The topological polar surface area (TPSA) is 52.3 Å². The second-order valence-electron chi connectivity index (χ2n) is 8.01. The SMILES string of the molecule is CCOC(=O)[C@]1(N)c2cc(Br)ccc2C[C@@]12C[C@@H](C)[C@H](C)[C@@H](C)C2. The first kappa shape index (κ1) is 17.9. The van der Waals surface area contributed by atoms with Crippen LogP contribution in [-0.2, 0) is 21.5 Å². The molecule has 0 bridgehead atoms. The van der Waals surface area contributed by atoms with Crippen molar-refractivity contribution >= 4 is 21.9 Å².